The Kier molecular flexibility index (Phi) is 4.29. The fraction of sp³-hybridized carbons (Fsp3) is 0.444. The number of carbonyl (C=O) groups is 1. The Morgan fingerprint density at radius 3 is 2.56 bits per heavy atom. The van der Waals surface area contributed by atoms with E-state index in [1.165, 1.54) is 18.3 Å². The first-order valence-corrected chi connectivity index (χ1v) is 9.30. The number of aromatic nitrogens is 1. The lowest BCUT2D eigenvalue weighted by atomic mass is 9.79. The molecule has 1 aromatic carbocycles. The van der Waals surface area contributed by atoms with Crippen LogP contribution in [-0.2, 0) is 0 Å². The maximum Gasteiger partial charge on any atom is 0.263 e. The Balaban J connectivity index is 1.51. The molecule has 5 rings (SSSR count). The van der Waals surface area contributed by atoms with Crippen molar-refractivity contribution in [2.24, 2.45) is 5.92 Å². The Morgan fingerprint density at radius 1 is 1.24 bits per heavy atom. The van der Waals surface area contributed by atoms with Crippen molar-refractivity contribution in [3.63, 3.8) is 0 Å². The van der Waals surface area contributed by atoms with Gasteiger partial charge in [0.25, 0.3) is 5.91 Å². The largest absolute Gasteiger partial charge is 0.347 e. The zero-order valence-electron chi connectivity index (χ0n) is 13.8. The smallest absolute Gasteiger partial charge is 0.263 e. The van der Waals surface area contributed by atoms with Crippen LogP contribution < -0.4 is 5.32 Å². The summed E-state index contributed by atoms with van der Waals surface area (Å²) in [7, 11) is 0. The van der Waals surface area contributed by atoms with E-state index in [9.17, 15) is 13.6 Å². The summed E-state index contributed by atoms with van der Waals surface area (Å²) in [6.45, 7) is 4.37. The van der Waals surface area contributed by atoms with Crippen molar-refractivity contribution in [3.8, 4) is 10.6 Å². The zero-order valence-corrected chi connectivity index (χ0v) is 14.7. The van der Waals surface area contributed by atoms with Crippen LogP contribution in [0, 0.1) is 17.6 Å². The third kappa shape index (κ3) is 3.18. The number of benzene rings is 1. The Hall–Kier alpha value is -1.86. The van der Waals surface area contributed by atoms with Crippen LogP contribution in [0.4, 0.5) is 8.78 Å². The second kappa shape index (κ2) is 6.46. The number of carbonyl (C=O) groups excluding carboxylic acids is 1. The van der Waals surface area contributed by atoms with Gasteiger partial charge in [-0.3, -0.25) is 9.69 Å². The minimum atomic E-state index is -0.655. The van der Waals surface area contributed by atoms with E-state index < -0.39 is 11.6 Å². The van der Waals surface area contributed by atoms with Crippen LogP contribution >= 0.6 is 11.3 Å². The fourth-order valence-electron chi connectivity index (χ4n) is 3.96. The van der Waals surface area contributed by atoms with Gasteiger partial charge in [0.15, 0.2) is 0 Å². The van der Waals surface area contributed by atoms with E-state index in [0.29, 0.717) is 27.4 Å². The lowest BCUT2D eigenvalue weighted by molar-refractivity contribution is 0.0218. The van der Waals surface area contributed by atoms with Crippen LogP contribution in [0.15, 0.2) is 24.4 Å². The molecular formula is C18H19F2N3OS. The van der Waals surface area contributed by atoms with Gasteiger partial charge in [-0.15, -0.1) is 11.3 Å². The number of halogens is 2. The molecule has 7 heteroatoms. The Bertz CT molecular complexity index is 779. The molecule has 0 saturated carbocycles. The third-order valence-electron chi connectivity index (χ3n) is 5.31. The monoisotopic (exact) mass is 363 g/mol. The number of thiazole rings is 1. The summed E-state index contributed by atoms with van der Waals surface area (Å²) in [5.41, 5.74) is 0.345. The summed E-state index contributed by atoms with van der Waals surface area (Å²) in [5, 5.41) is 3.58. The maximum atomic E-state index is 13.4. The molecule has 3 aliphatic rings. The van der Waals surface area contributed by atoms with E-state index in [0.717, 1.165) is 43.3 Å². The summed E-state index contributed by atoms with van der Waals surface area (Å²) in [4.78, 5) is 19.6. The number of piperidine rings is 3. The first-order valence-electron chi connectivity index (χ1n) is 8.48. The molecule has 1 aromatic heterocycles. The molecule has 0 radical (unpaired) electrons. The van der Waals surface area contributed by atoms with Crippen LogP contribution in [0.1, 0.15) is 29.4 Å². The molecule has 0 unspecified atom stereocenters. The highest BCUT2D eigenvalue weighted by molar-refractivity contribution is 7.16. The van der Waals surface area contributed by atoms with Crippen LogP contribution in [-0.4, -0.2) is 41.0 Å². The molecule has 2 atom stereocenters. The van der Waals surface area contributed by atoms with Crippen molar-refractivity contribution in [3.05, 3.63) is 40.9 Å². The summed E-state index contributed by atoms with van der Waals surface area (Å²) in [6, 6.07) is 3.74. The number of nitrogens with zero attached hydrogens (tertiary/aromatic N) is 2. The molecule has 0 aliphatic carbocycles. The maximum absolute atomic E-state index is 13.4. The second-order valence-electron chi connectivity index (χ2n) is 6.80. The van der Waals surface area contributed by atoms with Gasteiger partial charge < -0.3 is 5.32 Å². The lowest BCUT2D eigenvalue weighted by Gasteiger charge is -2.49. The van der Waals surface area contributed by atoms with E-state index in [1.807, 2.05) is 0 Å². The first-order chi connectivity index (χ1) is 12.0. The van der Waals surface area contributed by atoms with Crippen LogP contribution in [0.5, 0.6) is 0 Å². The van der Waals surface area contributed by atoms with Gasteiger partial charge in [-0.05, 0) is 50.9 Å². The predicted octanol–water partition coefficient (Wildman–Crippen LogP) is 3.30. The highest BCUT2D eigenvalue weighted by atomic mass is 32.1. The van der Waals surface area contributed by atoms with Crippen molar-refractivity contribution in [2.75, 3.05) is 13.1 Å². The Morgan fingerprint density at radius 2 is 1.92 bits per heavy atom. The van der Waals surface area contributed by atoms with Crippen molar-refractivity contribution in [1.82, 2.24) is 15.2 Å². The molecule has 132 valence electrons. The molecule has 3 saturated heterocycles. The fourth-order valence-corrected chi connectivity index (χ4v) is 4.76. The lowest BCUT2D eigenvalue weighted by Crippen LogP contribution is -2.62. The molecule has 3 fully saturated rings. The van der Waals surface area contributed by atoms with Gasteiger partial charge in [-0.25, -0.2) is 13.8 Å². The molecule has 4 heterocycles. The van der Waals surface area contributed by atoms with E-state index >= 15 is 0 Å². The van der Waals surface area contributed by atoms with E-state index in [1.54, 1.807) is 0 Å². The van der Waals surface area contributed by atoms with Crippen LogP contribution in [0.2, 0.25) is 0 Å². The molecule has 2 bridgehead atoms. The summed E-state index contributed by atoms with van der Waals surface area (Å²) < 4.78 is 26.7. The molecule has 25 heavy (non-hydrogen) atoms. The molecule has 1 amide bonds. The predicted molar refractivity (Wildman–Crippen MR) is 92.5 cm³/mol. The highest BCUT2D eigenvalue weighted by Gasteiger charge is 2.40. The summed E-state index contributed by atoms with van der Waals surface area (Å²) >= 11 is 1.15. The van der Waals surface area contributed by atoms with Crippen LogP contribution in [0.3, 0.4) is 0 Å². The molecule has 2 aromatic rings. The van der Waals surface area contributed by atoms with Crippen molar-refractivity contribution < 1.29 is 13.6 Å². The van der Waals surface area contributed by atoms with Gasteiger partial charge in [0.1, 0.15) is 21.5 Å². The molecule has 3 aliphatic heterocycles. The molecule has 0 spiro atoms. The first kappa shape index (κ1) is 16.6. The van der Waals surface area contributed by atoms with Gasteiger partial charge in [0.05, 0.1) is 6.20 Å². The summed E-state index contributed by atoms with van der Waals surface area (Å²) in [6.07, 6.45) is 3.71. The van der Waals surface area contributed by atoms with Gasteiger partial charge in [0.2, 0.25) is 0 Å². The quantitative estimate of drug-likeness (QED) is 0.910. The number of hydrogen-bond donors (Lipinski definition) is 1. The summed E-state index contributed by atoms with van der Waals surface area (Å²) in [5.74, 6) is -0.950. The number of nitrogens with one attached hydrogen (secondary N) is 1. The molecule has 1 N–H and O–H groups in total. The van der Waals surface area contributed by atoms with E-state index in [4.69, 9.17) is 0 Å². The highest BCUT2D eigenvalue weighted by Crippen LogP contribution is 2.33. The SMILES string of the molecule is C[C@H]1[C@H](NC(=O)c2cnc(-c3cc(F)cc(F)c3)s2)C2CCN1CC2. The van der Waals surface area contributed by atoms with Gasteiger partial charge >= 0.3 is 0 Å². The average Bonchev–Trinajstić information content (AvgIpc) is 3.08. The number of rotatable bonds is 3. The van der Waals surface area contributed by atoms with E-state index in [-0.39, 0.29) is 11.9 Å². The zero-order chi connectivity index (χ0) is 17.6. The van der Waals surface area contributed by atoms with Crippen molar-refractivity contribution in [2.45, 2.75) is 31.8 Å². The van der Waals surface area contributed by atoms with E-state index in [2.05, 4.69) is 22.1 Å². The van der Waals surface area contributed by atoms with Crippen LogP contribution in [0.25, 0.3) is 10.6 Å². The minimum absolute atomic E-state index is 0.146. The average molecular weight is 363 g/mol. The minimum Gasteiger partial charge on any atom is -0.347 e. The number of amides is 1. The number of hydrogen-bond acceptors (Lipinski definition) is 4. The Labute approximate surface area is 148 Å². The molecule has 4 nitrogen and oxygen atoms in total. The standard InChI is InChI=1S/C18H19F2N3OS/c1-10-16(11-2-4-23(10)5-3-11)22-17(24)15-9-21-18(25-15)12-6-13(19)8-14(20)7-12/h6-11,16H,2-5H2,1H3,(H,22,24)/t10-,16-/m0/s1. The molecular weight excluding hydrogens is 344 g/mol. The van der Waals surface area contributed by atoms with Crippen molar-refractivity contribution in [1.29, 1.82) is 0 Å². The van der Waals surface area contributed by atoms with Crippen molar-refractivity contribution >= 4 is 17.2 Å². The second-order valence-corrected chi connectivity index (χ2v) is 7.83. The van der Waals surface area contributed by atoms with Gasteiger partial charge in [-0.1, -0.05) is 0 Å². The third-order valence-corrected chi connectivity index (χ3v) is 6.36. The number of fused-ring (bicyclic) bond motifs is 3. The van der Waals surface area contributed by atoms with Gasteiger partial charge in [-0.2, -0.15) is 0 Å². The topological polar surface area (TPSA) is 45.2 Å². The van der Waals surface area contributed by atoms with Gasteiger partial charge in [0, 0.05) is 23.7 Å². The normalized spacial score (nSPS) is 28.1.